The maximum Gasteiger partial charge on any atom is 0.0762 e. The van der Waals surface area contributed by atoms with Crippen molar-refractivity contribution in [3.63, 3.8) is 0 Å². The Morgan fingerprint density at radius 2 is 2.22 bits per heavy atom. The van der Waals surface area contributed by atoms with Gasteiger partial charge in [0.25, 0.3) is 0 Å². The average molecular weight is 265 g/mol. The summed E-state index contributed by atoms with van der Waals surface area (Å²) in [6.07, 6.45) is 5.36. The van der Waals surface area contributed by atoms with Gasteiger partial charge in [0.2, 0.25) is 0 Å². The largest absolute Gasteiger partial charge is 0.309 e. The van der Waals surface area contributed by atoms with E-state index in [1.54, 1.807) is 12.4 Å². The van der Waals surface area contributed by atoms with Gasteiger partial charge in [-0.05, 0) is 17.7 Å². The Balaban J connectivity index is 2.00. The number of pyridine rings is 1. The van der Waals surface area contributed by atoms with Gasteiger partial charge >= 0.3 is 0 Å². The molecule has 5 heteroatoms. The molecule has 0 fully saturated rings. The standard InChI is InChI=1S/C13H17ClN4/c1-10(2)16-7-12-4-6-18(17-12)9-11-3-5-15-8-13(11)14/h3-6,8,10,16H,7,9H2,1-2H3. The normalized spacial score (nSPS) is 11.1. The second-order valence-electron chi connectivity index (χ2n) is 4.51. The summed E-state index contributed by atoms with van der Waals surface area (Å²) in [5.74, 6) is 0. The van der Waals surface area contributed by atoms with Crippen LogP contribution in [0.2, 0.25) is 5.02 Å². The Morgan fingerprint density at radius 3 is 2.94 bits per heavy atom. The average Bonchev–Trinajstić information content (AvgIpc) is 2.77. The molecule has 4 nitrogen and oxygen atoms in total. The molecule has 2 aromatic heterocycles. The van der Waals surface area contributed by atoms with E-state index in [2.05, 4.69) is 29.2 Å². The van der Waals surface area contributed by atoms with Crippen LogP contribution >= 0.6 is 11.6 Å². The minimum atomic E-state index is 0.463. The van der Waals surface area contributed by atoms with Gasteiger partial charge in [0.1, 0.15) is 0 Å². The number of nitrogens with one attached hydrogen (secondary N) is 1. The molecule has 2 heterocycles. The molecule has 0 atom stereocenters. The van der Waals surface area contributed by atoms with Crippen LogP contribution in [0, 0.1) is 0 Å². The summed E-state index contributed by atoms with van der Waals surface area (Å²) in [4.78, 5) is 3.97. The number of rotatable bonds is 5. The maximum atomic E-state index is 6.07. The highest BCUT2D eigenvalue weighted by Gasteiger charge is 2.03. The van der Waals surface area contributed by atoms with Crippen LogP contribution in [-0.2, 0) is 13.1 Å². The van der Waals surface area contributed by atoms with E-state index in [0.717, 1.165) is 17.8 Å². The predicted molar refractivity (Wildman–Crippen MR) is 72.6 cm³/mol. The van der Waals surface area contributed by atoms with E-state index >= 15 is 0 Å². The fraction of sp³-hybridized carbons (Fsp3) is 0.385. The van der Waals surface area contributed by atoms with Crippen molar-refractivity contribution in [3.8, 4) is 0 Å². The summed E-state index contributed by atoms with van der Waals surface area (Å²) >= 11 is 6.07. The first kappa shape index (κ1) is 13.1. The monoisotopic (exact) mass is 264 g/mol. The van der Waals surface area contributed by atoms with Crippen LogP contribution in [0.3, 0.4) is 0 Å². The van der Waals surface area contributed by atoms with E-state index in [1.165, 1.54) is 0 Å². The van der Waals surface area contributed by atoms with E-state index < -0.39 is 0 Å². The van der Waals surface area contributed by atoms with Crippen molar-refractivity contribution < 1.29 is 0 Å². The predicted octanol–water partition coefficient (Wildman–Crippen LogP) is 2.48. The van der Waals surface area contributed by atoms with Crippen LogP contribution < -0.4 is 5.32 Å². The Morgan fingerprint density at radius 1 is 1.39 bits per heavy atom. The van der Waals surface area contributed by atoms with E-state index in [0.29, 0.717) is 17.6 Å². The molecule has 0 bridgehead atoms. The summed E-state index contributed by atoms with van der Waals surface area (Å²) in [6.45, 7) is 5.69. The van der Waals surface area contributed by atoms with Crippen molar-refractivity contribution in [1.82, 2.24) is 20.1 Å². The van der Waals surface area contributed by atoms with Crippen molar-refractivity contribution in [3.05, 3.63) is 47.0 Å². The van der Waals surface area contributed by atoms with Gasteiger partial charge < -0.3 is 5.32 Å². The molecule has 0 radical (unpaired) electrons. The third kappa shape index (κ3) is 3.55. The van der Waals surface area contributed by atoms with Gasteiger partial charge in [0, 0.05) is 31.2 Å². The molecule has 0 amide bonds. The fourth-order valence-electron chi connectivity index (χ4n) is 1.60. The Labute approximate surface area is 112 Å². The highest BCUT2D eigenvalue weighted by molar-refractivity contribution is 6.31. The van der Waals surface area contributed by atoms with Crippen LogP contribution in [0.25, 0.3) is 0 Å². The number of hydrogen-bond donors (Lipinski definition) is 1. The minimum absolute atomic E-state index is 0.463. The highest BCUT2D eigenvalue weighted by Crippen LogP contribution is 2.14. The quantitative estimate of drug-likeness (QED) is 0.902. The zero-order valence-corrected chi connectivity index (χ0v) is 11.4. The third-order valence-corrected chi connectivity index (χ3v) is 2.92. The lowest BCUT2D eigenvalue weighted by atomic mass is 10.3. The van der Waals surface area contributed by atoms with Gasteiger partial charge in [0.05, 0.1) is 17.3 Å². The zero-order chi connectivity index (χ0) is 13.0. The summed E-state index contributed by atoms with van der Waals surface area (Å²) in [7, 11) is 0. The van der Waals surface area contributed by atoms with Gasteiger partial charge in [0.15, 0.2) is 0 Å². The molecule has 0 saturated heterocycles. The molecule has 0 aliphatic carbocycles. The summed E-state index contributed by atoms with van der Waals surface area (Å²) in [5, 5.41) is 8.51. The van der Waals surface area contributed by atoms with Crippen molar-refractivity contribution in [2.75, 3.05) is 0 Å². The lowest BCUT2D eigenvalue weighted by Crippen LogP contribution is -2.22. The minimum Gasteiger partial charge on any atom is -0.309 e. The fourth-order valence-corrected chi connectivity index (χ4v) is 1.78. The Hall–Kier alpha value is -1.39. The molecular weight excluding hydrogens is 248 g/mol. The lowest BCUT2D eigenvalue weighted by molar-refractivity contribution is 0.570. The van der Waals surface area contributed by atoms with Gasteiger partial charge in [-0.3, -0.25) is 9.67 Å². The van der Waals surface area contributed by atoms with Crippen molar-refractivity contribution >= 4 is 11.6 Å². The van der Waals surface area contributed by atoms with Crippen LogP contribution in [0.5, 0.6) is 0 Å². The van der Waals surface area contributed by atoms with E-state index in [4.69, 9.17) is 11.6 Å². The highest BCUT2D eigenvalue weighted by atomic mass is 35.5. The van der Waals surface area contributed by atoms with Crippen LogP contribution in [0.15, 0.2) is 30.7 Å². The number of nitrogens with zero attached hydrogens (tertiary/aromatic N) is 3. The molecule has 1 N–H and O–H groups in total. The Bertz CT molecular complexity index is 507. The summed E-state index contributed by atoms with van der Waals surface area (Å²) in [6, 6.07) is 4.39. The molecule has 0 aliphatic rings. The molecule has 2 rings (SSSR count). The second-order valence-corrected chi connectivity index (χ2v) is 4.91. The lowest BCUT2D eigenvalue weighted by Gasteiger charge is -2.06. The summed E-state index contributed by atoms with van der Waals surface area (Å²) in [5.41, 5.74) is 2.06. The molecule has 0 aliphatic heterocycles. The van der Waals surface area contributed by atoms with Gasteiger partial charge in [-0.1, -0.05) is 25.4 Å². The van der Waals surface area contributed by atoms with Crippen LogP contribution in [0.1, 0.15) is 25.1 Å². The first-order valence-electron chi connectivity index (χ1n) is 5.99. The molecule has 18 heavy (non-hydrogen) atoms. The van der Waals surface area contributed by atoms with Gasteiger partial charge in [-0.15, -0.1) is 0 Å². The van der Waals surface area contributed by atoms with Crippen molar-refractivity contribution in [2.45, 2.75) is 33.0 Å². The van der Waals surface area contributed by atoms with Gasteiger partial charge in [-0.2, -0.15) is 5.10 Å². The SMILES string of the molecule is CC(C)NCc1ccn(Cc2ccncc2Cl)n1. The van der Waals surface area contributed by atoms with Crippen LogP contribution in [-0.4, -0.2) is 20.8 Å². The first-order chi connectivity index (χ1) is 8.65. The topological polar surface area (TPSA) is 42.7 Å². The van der Waals surface area contributed by atoms with Crippen molar-refractivity contribution in [2.24, 2.45) is 0 Å². The maximum absolute atomic E-state index is 6.07. The van der Waals surface area contributed by atoms with E-state index in [-0.39, 0.29) is 0 Å². The molecular formula is C13H17ClN4. The second kappa shape index (κ2) is 5.98. The third-order valence-electron chi connectivity index (χ3n) is 2.58. The molecule has 0 saturated carbocycles. The number of hydrogen-bond acceptors (Lipinski definition) is 3. The van der Waals surface area contributed by atoms with E-state index in [9.17, 15) is 0 Å². The number of aromatic nitrogens is 3. The van der Waals surface area contributed by atoms with Crippen molar-refractivity contribution in [1.29, 1.82) is 0 Å². The van der Waals surface area contributed by atoms with E-state index in [1.807, 2.05) is 23.0 Å². The number of halogens is 1. The summed E-state index contributed by atoms with van der Waals surface area (Å²) < 4.78 is 1.89. The van der Waals surface area contributed by atoms with Crippen LogP contribution in [0.4, 0.5) is 0 Å². The zero-order valence-electron chi connectivity index (χ0n) is 10.6. The molecule has 0 aromatic carbocycles. The molecule has 0 unspecified atom stereocenters. The van der Waals surface area contributed by atoms with Gasteiger partial charge in [-0.25, -0.2) is 0 Å². The molecule has 96 valence electrons. The molecule has 2 aromatic rings. The first-order valence-corrected chi connectivity index (χ1v) is 6.37. The molecule has 0 spiro atoms. The smallest absolute Gasteiger partial charge is 0.0762 e. The Kier molecular flexibility index (Phi) is 4.33.